The molecule has 0 unspecified atom stereocenters. The smallest absolute Gasteiger partial charge is 0.335 e. The van der Waals surface area contributed by atoms with E-state index in [-0.39, 0.29) is 0 Å². The molecule has 2 rings (SSSR count). The van der Waals surface area contributed by atoms with Gasteiger partial charge >= 0.3 is 5.97 Å². The van der Waals surface area contributed by atoms with Crippen LogP contribution in [-0.2, 0) is 0 Å². The third-order valence-corrected chi connectivity index (χ3v) is 3.41. The maximum Gasteiger partial charge on any atom is 0.335 e. The van der Waals surface area contributed by atoms with E-state index in [9.17, 15) is 4.79 Å². The van der Waals surface area contributed by atoms with Crippen LogP contribution < -0.4 is 5.32 Å². The molecule has 2 aromatic rings. The van der Waals surface area contributed by atoms with Gasteiger partial charge in [0, 0.05) is 16.4 Å². The first-order chi connectivity index (χ1) is 8.99. The average Bonchev–Trinajstić information content (AvgIpc) is 2.34. The summed E-state index contributed by atoms with van der Waals surface area (Å²) < 4.78 is 0. The van der Waals surface area contributed by atoms with Crippen molar-refractivity contribution in [3.8, 4) is 0 Å². The van der Waals surface area contributed by atoms with Crippen LogP contribution in [0.3, 0.4) is 0 Å². The van der Waals surface area contributed by atoms with Gasteiger partial charge in [0.25, 0.3) is 0 Å². The highest BCUT2D eigenvalue weighted by molar-refractivity contribution is 6.31. The van der Waals surface area contributed by atoms with Gasteiger partial charge in [-0.15, -0.1) is 0 Å². The normalized spacial score (nSPS) is 10.3. The summed E-state index contributed by atoms with van der Waals surface area (Å²) in [6, 6.07) is 10.8. The summed E-state index contributed by atoms with van der Waals surface area (Å²) in [5.41, 5.74) is 3.75. The molecule has 0 aliphatic carbocycles. The molecule has 3 nitrogen and oxygen atoms in total. The summed E-state index contributed by atoms with van der Waals surface area (Å²) in [5, 5.41) is 12.9. The zero-order chi connectivity index (χ0) is 14.0. The lowest BCUT2D eigenvalue weighted by Gasteiger charge is -2.12. The second-order valence-corrected chi connectivity index (χ2v) is 4.78. The zero-order valence-corrected chi connectivity index (χ0v) is 11.5. The Kier molecular flexibility index (Phi) is 3.76. The standard InChI is InChI=1S/C15H14ClNO2/c1-9-8-11(6-7-12(9)15(18)19)17-14-5-3-4-13(16)10(14)2/h3-8,17H,1-2H3,(H,18,19). The molecule has 0 aliphatic rings. The van der Waals surface area contributed by atoms with E-state index in [0.29, 0.717) is 10.6 Å². The number of nitrogens with one attached hydrogen (secondary N) is 1. The number of rotatable bonds is 3. The number of anilines is 2. The number of hydrogen-bond donors (Lipinski definition) is 2. The lowest BCUT2D eigenvalue weighted by molar-refractivity contribution is 0.0696. The Labute approximate surface area is 116 Å². The number of carboxylic acid groups (broad SMARTS) is 1. The minimum atomic E-state index is -0.914. The van der Waals surface area contributed by atoms with E-state index >= 15 is 0 Å². The van der Waals surface area contributed by atoms with Crippen molar-refractivity contribution < 1.29 is 9.90 Å². The molecule has 0 bridgehead atoms. The Morgan fingerprint density at radius 2 is 1.95 bits per heavy atom. The topological polar surface area (TPSA) is 49.3 Å². The largest absolute Gasteiger partial charge is 0.478 e. The van der Waals surface area contributed by atoms with Gasteiger partial charge in [-0.2, -0.15) is 0 Å². The number of halogens is 1. The predicted molar refractivity (Wildman–Crippen MR) is 77.6 cm³/mol. The van der Waals surface area contributed by atoms with Crippen molar-refractivity contribution in [3.05, 3.63) is 58.1 Å². The van der Waals surface area contributed by atoms with E-state index in [0.717, 1.165) is 22.5 Å². The predicted octanol–water partition coefficient (Wildman–Crippen LogP) is 4.40. The quantitative estimate of drug-likeness (QED) is 0.873. The number of hydrogen-bond acceptors (Lipinski definition) is 2. The lowest BCUT2D eigenvalue weighted by Crippen LogP contribution is -2.01. The van der Waals surface area contributed by atoms with Gasteiger partial charge in [0.2, 0.25) is 0 Å². The molecule has 0 fully saturated rings. The first-order valence-corrected chi connectivity index (χ1v) is 6.23. The molecule has 0 spiro atoms. The third-order valence-electron chi connectivity index (χ3n) is 3.00. The molecule has 2 N–H and O–H groups in total. The van der Waals surface area contributed by atoms with Crippen LogP contribution in [0.15, 0.2) is 36.4 Å². The van der Waals surface area contributed by atoms with Crippen LogP contribution in [0.2, 0.25) is 5.02 Å². The van der Waals surface area contributed by atoms with Crippen molar-refractivity contribution in [1.29, 1.82) is 0 Å². The van der Waals surface area contributed by atoms with E-state index in [1.165, 1.54) is 0 Å². The van der Waals surface area contributed by atoms with Crippen molar-refractivity contribution in [2.24, 2.45) is 0 Å². The van der Waals surface area contributed by atoms with Crippen molar-refractivity contribution in [1.82, 2.24) is 0 Å². The molecule has 0 saturated carbocycles. The van der Waals surface area contributed by atoms with Gasteiger partial charge in [-0.3, -0.25) is 0 Å². The average molecular weight is 276 g/mol. The molecule has 0 heterocycles. The van der Waals surface area contributed by atoms with E-state index in [2.05, 4.69) is 5.32 Å². The molecule has 0 amide bonds. The maximum absolute atomic E-state index is 11.0. The molecule has 98 valence electrons. The Hall–Kier alpha value is -2.00. The minimum absolute atomic E-state index is 0.313. The fraction of sp³-hybridized carbons (Fsp3) is 0.133. The van der Waals surface area contributed by atoms with Gasteiger partial charge in [0.05, 0.1) is 5.56 Å². The van der Waals surface area contributed by atoms with Crippen LogP contribution in [0.4, 0.5) is 11.4 Å². The first kappa shape index (κ1) is 13.4. The molecule has 0 saturated heterocycles. The van der Waals surface area contributed by atoms with Gasteiger partial charge < -0.3 is 10.4 Å². The van der Waals surface area contributed by atoms with Crippen LogP contribution in [0.5, 0.6) is 0 Å². The van der Waals surface area contributed by atoms with Crippen LogP contribution >= 0.6 is 11.6 Å². The number of aromatic carboxylic acids is 1. The number of carbonyl (C=O) groups is 1. The number of carboxylic acids is 1. The fourth-order valence-corrected chi connectivity index (χ4v) is 2.05. The molecular weight excluding hydrogens is 262 g/mol. The summed E-state index contributed by atoms with van der Waals surface area (Å²) in [6.07, 6.45) is 0. The lowest BCUT2D eigenvalue weighted by atomic mass is 10.1. The summed E-state index contributed by atoms with van der Waals surface area (Å²) >= 11 is 6.06. The molecule has 0 aromatic heterocycles. The molecule has 19 heavy (non-hydrogen) atoms. The Morgan fingerprint density at radius 3 is 2.58 bits per heavy atom. The second-order valence-electron chi connectivity index (χ2n) is 4.37. The molecule has 0 radical (unpaired) electrons. The molecule has 4 heteroatoms. The maximum atomic E-state index is 11.0. The summed E-state index contributed by atoms with van der Waals surface area (Å²) in [6.45, 7) is 3.71. The van der Waals surface area contributed by atoms with Crippen molar-refractivity contribution >= 4 is 28.9 Å². The Balaban J connectivity index is 2.32. The first-order valence-electron chi connectivity index (χ1n) is 5.85. The van der Waals surface area contributed by atoms with Crippen molar-refractivity contribution in [3.63, 3.8) is 0 Å². The highest BCUT2D eigenvalue weighted by Crippen LogP contribution is 2.27. The van der Waals surface area contributed by atoms with Gasteiger partial charge in [-0.1, -0.05) is 17.7 Å². The Morgan fingerprint density at radius 1 is 1.21 bits per heavy atom. The van der Waals surface area contributed by atoms with E-state index < -0.39 is 5.97 Å². The molecule has 2 aromatic carbocycles. The van der Waals surface area contributed by atoms with Gasteiger partial charge in [0.1, 0.15) is 0 Å². The minimum Gasteiger partial charge on any atom is -0.478 e. The number of aryl methyl sites for hydroxylation is 1. The molecule has 0 aliphatic heterocycles. The van der Waals surface area contributed by atoms with Crippen LogP contribution in [0, 0.1) is 13.8 Å². The summed E-state index contributed by atoms with van der Waals surface area (Å²) in [7, 11) is 0. The molecular formula is C15H14ClNO2. The fourth-order valence-electron chi connectivity index (χ4n) is 1.88. The van der Waals surface area contributed by atoms with Crippen LogP contribution in [0.25, 0.3) is 0 Å². The summed E-state index contributed by atoms with van der Waals surface area (Å²) in [5.74, 6) is -0.914. The number of benzene rings is 2. The Bertz CT molecular complexity index is 638. The molecule has 0 atom stereocenters. The van der Waals surface area contributed by atoms with Crippen molar-refractivity contribution in [2.75, 3.05) is 5.32 Å². The third kappa shape index (κ3) is 2.88. The highest BCUT2D eigenvalue weighted by Gasteiger charge is 2.08. The van der Waals surface area contributed by atoms with E-state index in [4.69, 9.17) is 16.7 Å². The van der Waals surface area contributed by atoms with Crippen molar-refractivity contribution in [2.45, 2.75) is 13.8 Å². The highest BCUT2D eigenvalue weighted by atomic mass is 35.5. The zero-order valence-electron chi connectivity index (χ0n) is 10.7. The van der Waals surface area contributed by atoms with Crippen LogP contribution in [0.1, 0.15) is 21.5 Å². The van der Waals surface area contributed by atoms with Gasteiger partial charge in [-0.25, -0.2) is 4.79 Å². The van der Waals surface area contributed by atoms with E-state index in [1.54, 1.807) is 19.1 Å². The summed E-state index contributed by atoms with van der Waals surface area (Å²) in [4.78, 5) is 11.0. The SMILES string of the molecule is Cc1cc(Nc2cccc(Cl)c2C)ccc1C(=O)O. The van der Waals surface area contributed by atoms with E-state index in [1.807, 2.05) is 31.2 Å². The van der Waals surface area contributed by atoms with Crippen LogP contribution in [-0.4, -0.2) is 11.1 Å². The monoisotopic (exact) mass is 275 g/mol. The van der Waals surface area contributed by atoms with Gasteiger partial charge in [0.15, 0.2) is 0 Å². The second kappa shape index (κ2) is 5.33. The van der Waals surface area contributed by atoms with Gasteiger partial charge in [-0.05, 0) is 55.3 Å².